The van der Waals surface area contributed by atoms with Crippen molar-refractivity contribution in [2.75, 3.05) is 35.8 Å². The van der Waals surface area contributed by atoms with Gasteiger partial charge in [0.1, 0.15) is 0 Å². The van der Waals surface area contributed by atoms with Gasteiger partial charge in [-0.2, -0.15) is 0 Å². The minimum atomic E-state index is -3.69. The Hall–Kier alpha value is -2.28. The molecule has 0 spiro atoms. The van der Waals surface area contributed by atoms with Crippen molar-refractivity contribution < 1.29 is 8.42 Å². The molecule has 1 fully saturated rings. The van der Waals surface area contributed by atoms with Crippen molar-refractivity contribution in [3.8, 4) is 0 Å². The summed E-state index contributed by atoms with van der Waals surface area (Å²) >= 11 is 0. The maximum Gasteiger partial charge on any atom is 0.262 e. The van der Waals surface area contributed by atoms with Crippen LogP contribution in [0.25, 0.3) is 10.8 Å². The van der Waals surface area contributed by atoms with Crippen molar-refractivity contribution >= 4 is 44.6 Å². The van der Waals surface area contributed by atoms with E-state index in [9.17, 15) is 8.42 Å². The summed E-state index contributed by atoms with van der Waals surface area (Å²) in [5.74, 6) is 0. The third-order valence-corrected chi connectivity index (χ3v) is 6.64. The van der Waals surface area contributed by atoms with Gasteiger partial charge in [-0.25, -0.2) is 8.42 Å². The molecule has 4 rings (SSSR count). The van der Waals surface area contributed by atoms with Crippen LogP contribution in [0.2, 0.25) is 0 Å². The number of piperazine rings is 1. The highest BCUT2D eigenvalue weighted by molar-refractivity contribution is 7.93. The quantitative estimate of drug-likeness (QED) is 0.640. The molecule has 1 heterocycles. The topological polar surface area (TPSA) is 61.4 Å². The molecule has 0 amide bonds. The maximum atomic E-state index is 13.2. The number of sulfonamides is 1. The lowest BCUT2D eigenvalue weighted by Crippen LogP contribution is -2.43. The van der Waals surface area contributed by atoms with E-state index < -0.39 is 10.0 Å². The minimum Gasteiger partial charge on any atom is -0.368 e. The molecule has 0 unspecified atom stereocenters. The van der Waals surface area contributed by atoms with Gasteiger partial charge in [-0.1, -0.05) is 43.3 Å². The summed E-state index contributed by atoms with van der Waals surface area (Å²) in [5, 5.41) is 5.07. The lowest BCUT2D eigenvalue weighted by molar-refractivity contribution is 0.590. The number of fused-ring (bicyclic) bond motifs is 1. The third kappa shape index (κ3) is 4.50. The summed E-state index contributed by atoms with van der Waals surface area (Å²) in [6.45, 7) is 5.75. The maximum absolute atomic E-state index is 13.2. The van der Waals surface area contributed by atoms with Gasteiger partial charge in [0.25, 0.3) is 10.0 Å². The van der Waals surface area contributed by atoms with Crippen molar-refractivity contribution in [2.45, 2.75) is 18.2 Å². The number of rotatable bonds is 5. The lowest BCUT2D eigenvalue weighted by atomic mass is 10.1. The van der Waals surface area contributed by atoms with E-state index >= 15 is 0 Å². The summed E-state index contributed by atoms with van der Waals surface area (Å²) in [6, 6.07) is 18.9. The average molecular weight is 432 g/mol. The SMILES string of the molecule is CCc1cccc(NS(=O)(=O)c2ccc(N3CCNCC3)c3ccccc23)c1.Cl. The summed E-state index contributed by atoms with van der Waals surface area (Å²) in [7, 11) is -3.69. The molecule has 1 aliphatic rings. The Balaban J connectivity index is 0.00000240. The first-order valence-electron chi connectivity index (χ1n) is 9.67. The Bertz CT molecular complexity index is 1100. The molecule has 0 aliphatic carbocycles. The molecule has 1 saturated heterocycles. The van der Waals surface area contributed by atoms with E-state index in [0.717, 1.165) is 54.6 Å². The van der Waals surface area contributed by atoms with E-state index in [1.54, 1.807) is 12.1 Å². The Morgan fingerprint density at radius 3 is 2.41 bits per heavy atom. The zero-order valence-electron chi connectivity index (χ0n) is 16.4. The van der Waals surface area contributed by atoms with Gasteiger partial charge in [-0.15, -0.1) is 12.4 Å². The first kappa shape index (κ1) is 21.4. The van der Waals surface area contributed by atoms with Gasteiger partial charge < -0.3 is 10.2 Å². The highest BCUT2D eigenvalue weighted by Crippen LogP contribution is 2.33. The zero-order chi connectivity index (χ0) is 19.6. The average Bonchev–Trinajstić information content (AvgIpc) is 2.73. The molecule has 29 heavy (non-hydrogen) atoms. The predicted molar refractivity (Wildman–Crippen MR) is 123 cm³/mol. The molecular formula is C22H26ClN3O2S. The van der Waals surface area contributed by atoms with Crippen molar-refractivity contribution in [2.24, 2.45) is 0 Å². The highest BCUT2D eigenvalue weighted by Gasteiger charge is 2.21. The van der Waals surface area contributed by atoms with Crippen molar-refractivity contribution in [3.05, 3.63) is 66.2 Å². The Labute approximate surface area is 178 Å². The second-order valence-electron chi connectivity index (χ2n) is 7.02. The smallest absolute Gasteiger partial charge is 0.262 e. The summed E-state index contributed by atoms with van der Waals surface area (Å²) in [6.07, 6.45) is 0.859. The van der Waals surface area contributed by atoms with Crippen LogP contribution in [0.5, 0.6) is 0 Å². The van der Waals surface area contributed by atoms with Crippen LogP contribution in [0, 0.1) is 0 Å². The fourth-order valence-corrected chi connectivity index (χ4v) is 5.00. The first-order chi connectivity index (χ1) is 13.6. The molecule has 2 N–H and O–H groups in total. The van der Waals surface area contributed by atoms with Gasteiger partial charge in [0.2, 0.25) is 0 Å². The standard InChI is InChI=1S/C22H25N3O2S.ClH/c1-2-17-6-5-7-18(16-17)24-28(26,27)22-11-10-21(25-14-12-23-13-15-25)19-8-3-4-9-20(19)22;/h3-11,16,23-24H,2,12-15H2,1H3;1H. The molecule has 1 aliphatic heterocycles. The second-order valence-corrected chi connectivity index (χ2v) is 8.68. The molecule has 0 atom stereocenters. The van der Waals surface area contributed by atoms with Gasteiger partial charge in [-0.3, -0.25) is 4.72 Å². The number of hydrogen-bond donors (Lipinski definition) is 2. The molecule has 0 bridgehead atoms. The molecule has 7 heteroatoms. The van der Waals surface area contributed by atoms with E-state index in [-0.39, 0.29) is 12.4 Å². The van der Waals surface area contributed by atoms with Crippen LogP contribution < -0.4 is 14.9 Å². The number of anilines is 2. The number of nitrogens with one attached hydrogen (secondary N) is 2. The number of halogens is 1. The van der Waals surface area contributed by atoms with E-state index in [0.29, 0.717) is 10.6 Å². The third-order valence-electron chi connectivity index (χ3n) is 5.20. The predicted octanol–water partition coefficient (Wildman–Crippen LogP) is 4.03. The first-order valence-corrected chi connectivity index (χ1v) is 11.2. The van der Waals surface area contributed by atoms with Crippen molar-refractivity contribution in [1.82, 2.24) is 5.32 Å². The normalized spacial score (nSPS) is 14.4. The molecule has 3 aromatic carbocycles. The van der Waals surface area contributed by atoms with Crippen LogP contribution in [0.4, 0.5) is 11.4 Å². The fourth-order valence-electron chi connectivity index (χ4n) is 3.74. The fraction of sp³-hybridized carbons (Fsp3) is 0.273. The van der Waals surface area contributed by atoms with Gasteiger partial charge in [-0.05, 0) is 36.2 Å². The largest absolute Gasteiger partial charge is 0.368 e. The van der Waals surface area contributed by atoms with E-state index in [1.807, 2.05) is 48.5 Å². The Kier molecular flexibility index (Phi) is 6.67. The number of nitrogens with zero attached hydrogens (tertiary/aromatic N) is 1. The molecule has 0 saturated carbocycles. The van der Waals surface area contributed by atoms with E-state index in [2.05, 4.69) is 21.9 Å². The Morgan fingerprint density at radius 2 is 1.69 bits per heavy atom. The van der Waals surface area contributed by atoms with Gasteiger partial charge >= 0.3 is 0 Å². The monoisotopic (exact) mass is 431 g/mol. The molecule has 0 radical (unpaired) electrons. The van der Waals surface area contributed by atoms with Crippen LogP contribution in [-0.2, 0) is 16.4 Å². The van der Waals surface area contributed by atoms with Crippen LogP contribution >= 0.6 is 12.4 Å². The van der Waals surface area contributed by atoms with E-state index in [4.69, 9.17) is 0 Å². The van der Waals surface area contributed by atoms with E-state index in [1.165, 1.54) is 0 Å². The molecular weight excluding hydrogens is 406 g/mol. The number of aryl methyl sites for hydroxylation is 1. The second kappa shape index (κ2) is 9.03. The molecule has 5 nitrogen and oxygen atoms in total. The highest BCUT2D eigenvalue weighted by atomic mass is 35.5. The molecule has 154 valence electrons. The van der Waals surface area contributed by atoms with Gasteiger partial charge in [0.15, 0.2) is 0 Å². The van der Waals surface area contributed by atoms with Crippen molar-refractivity contribution in [3.63, 3.8) is 0 Å². The van der Waals surface area contributed by atoms with Crippen LogP contribution in [0.1, 0.15) is 12.5 Å². The van der Waals surface area contributed by atoms with Gasteiger partial charge in [0, 0.05) is 48.3 Å². The van der Waals surface area contributed by atoms with Crippen LogP contribution in [0.3, 0.4) is 0 Å². The lowest BCUT2D eigenvalue weighted by Gasteiger charge is -2.30. The minimum absolute atomic E-state index is 0. The summed E-state index contributed by atoms with van der Waals surface area (Å²) in [4.78, 5) is 2.62. The van der Waals surface area contributed by atoms with Gasteiger partial charge in [0.05, 0.1) is 4.90 Å². The molecule has 3 aromatic rings. The van der Waals surface area contributed by atoms with Crippen molar-refractivity contribution in [1.29, 1.82) is 0 Å². The Morgan fingerprint density at radius 1 is 0.966 bits per heavy atom. The zero-order valence-corrected chi connectivity index (χ0v) is 18.0. The molecule has 0 aromatic heterocycles. The number of benzene rings is 3. The summed E-state index contributed by atoms with van der Waals surface area (Å²) < 4.78 is 29.1. The number of hydrogen-bond acceptors (Lipinski definition) is 4. The summed E-state index contributed by atoms with van der Waals surface area (Å²) in [5.41, 5.74) is 2.78. The van der Waals surface area contributed by atoms with Crippen LogP contribution in [-0.4, -0.2) is 34.6 Å². The van der Waals surface area contributed by atoms with Crippen LogP contribution in [0.15, 0.2) is 65.6 Å².